The van der Waals surface area contributed by atoms with Crippen LogP contribution in [0.15, 0.2) is 121 Å². The zero-order valence-electron chi connectivity index (χ0n) is 35.1. The molecule has 66 heavy (non-hydrogen) atoms. The molecule has 0 spiro atoms. The number of fused-ring (bicyclic) bond motifs is 3. The summed E-state index contributed by atoms with van der Waals surface area (Å²) in [7, 11) is 0. The van der Waals surface area contributed by atoms with Gasteiger partial charge in [-0.3, -0.25) is 19.2 Å². The van der Waals surface area contributed by atoms with E-state index in [0.29, 0.717) is 58.6 Å². The fourth-order valence-corrected chi connectivity index (χ4v) is 9.03. The molecule has 6 N–H and O–H groups in total. The average molecular weight is 904 g/mol. The van der Waals surface area contributed by atoms with Gasteiger partial charge in [0, 0.05) is 41.8 Å². The first kappa shape index (κ1) is 44.7. The third-order valence-corrected chi connectivity index (χ3v) is 12.0. The molecular weight excluding hydrogens is 860 g/mol. The Hall–Kier alpha value is -7.89. The van der Waals surface area contributed by atoms with Crippen molar-refractivity contribution < 1.29 is 52.2 Å². The largest absolute Gasteiger partial charge is 0.465 e. The van der Waals surface area contributed by atoms with E-state index >= 15 is 0 Å². The van der Waals surface area contributed by atoms with E-state index in [0.717, 1.165) is 6.07 Å². The van der Waals surface area contributed by atoms with E-state index in [-0.39, 0.29) is 36.6 Å². The number of alkyl halides is 3. The van der Waals surface area contributed by atoms with Crippen molar-refractivity contribution in [2.75, 3.05) is 23.7 Å². The number of hydrogen-bond donors (Lipinski definition) is 6. The molecule has 340 valence electrons. The van der Waals surface area contributed by atoms with Crippen LogP contribution in [0, 0.1) is 0 Å². The average Bonchev–Trinajstić information content (AvgIpc) is 4.06. The number of hydrogen-bond acceptors (Lipinski definition) is 6. The normalized spacial score (nSPS) is 17.0. The highest BCUT2D eigenvalue weighted by atomic mass is 19.4. The molecule has 8 rings (SSSR count). The fraction of sp³-hybridized carbons (Fsp3) is 0.250. The zero-order chi connectivity index (χ0) is 46.7. The summed E-state index contributed by atoms with van der Waals surface area (Å²) in [5.41, 5.74) is 1.39. The molecule has 5 aromatic carbocycles. The third-order valence-electron chi connectivity index (χ3n) is 12.0. The highest BCUT2D eigenvalue weighted by molar-refractivity contribution is 6.11. The molecule has 2 aliphatic rings. The molecule has 0 radical (unpaired) electrons. The summed E-state index contributed by atoms with van der Waals surface area (Å²) in [6.45, 7) is 0.143. The van der Waals surface area contributed by atoms with E-state index in [2.05, 4.69) is 21.3 Å². The topological polar surface area (TPSA) is 202 Å². The molecule has 2 unspecified atom stereocenters. The maximum absolute atomic E-state index is 14.4. The number of likely N-dealkylation sites (tertiary alicyclic amines) is 2. The molecule has 6 amide bonds. The molecule has 1 aromatic heterocycles. The summed E-state index contributed by atoms with van der Waals surface area (Å²) in [5.74, 6) is -2.26. The predicted octanol–water partition coefficient (Wildman–Crippen LogP) is 7.74. The number of rotatable bonds is 12. The van der Waals surface area contributed by atoms with Gasteiger partial charge in [-0.15, -0.1) is 0 Å². The highest BCUT2D eigenvalue weighted by Gasteiger charge is 2.40. The lowest BCUT2D eigenvalue weighted by Gasteiger charge is -2.28. The lowest BCUT2D eigenvalue weighted by Crippen LogP contribution is -2.48. The van der Waals surface area contributed by atoms with Crippen LogP contribution in [0.4, 0.5) is 34.1 Å². The van der Waals surface area contributed by atoms with Gasteiger partial charge in [0.15, 0.2) is 0 Å². The molecule has 2 fully saturated rings. The van der Waals surface area contributed by atoms with Crippen molar-refractivity contribution >= 4 is 69.0 Å². The van der Waals surface area contributed by atoms with Crippen molar-refractivity contribution in [1.82, 2.24) is 25.0 Å². The number of nitrogens with one attached hydrogen (secondary N) is 4. The Labute approximate surface area is 375 Å². The van der Waals surface area contributed by atoms with Crippen LogP contribution >= 0.6 is 0 Å². The predicted molar refractivity (Wildman–Crippen MR) is 237 cm³/mol. The van der Waals surface area contributed by atoms with Crippen LogP contribution in [0.5, 0.6) is 0 Å². The van der Waals surface area contributed by atoms with E-state index in [4.69, 9.17) is 0 Å². The minimum absolute atomic E-state index is 0.0428. The first-order chi connectivity index (χ1) is 31.7. The lowest BCUT2D eigenvalue weighted by atomic mass is 10.0. The fourth-order valence-electron chi connectivity index (χ4n) is 9.03. The molecule has 0 saturated carbocycles. The second-order valence-corrected chi connectivity index (χ2v) is 16.1. The molecule has 4 atom stereocenters. The Kier molecular flexibility index (Phi) is 12.7. The van der Waals surface area contributed by atoms with Gasteiger partial charge in [0.25, 0.3) is 11.8 Å². The number of halogens is 3. The standard InChI is InChI=1S/C48H44F3N7O8/c49-48(50,51)35-16-8-7-15-30(35)27-58-38-25-31(52-42(59)36-17-9-23-56(36)44(61)40(54-46(63)64)28-11-3-1-4-12-28)19-21-33(38)34-22-20-32(26-39(34)58)53-43(60)37-18-10-24-57(37)45(62)41(55-47(65)66)29-13-5-2-6-14-29/h1-8,11-16,19-22,25-26,36-37,40-41,54-55H,9-10,17-18,23-24,27H2,(H,52,59)(H,53,60)(H,63,64)(H,65,66)/t36-,37-,40?,41?/m0/s1. The molecule has 18 heteroatoms. The van der Waals surface area contributed by atoms with E-state index in [1.807, 2.05) is 0 Å². The molecule has 6 aromatic rings. The van der Waals surface area contributed by atoms with Crippen LogP contribution in [0.1, 0.15) is 60.0 Å². The Morgan fingerprint density at radius 2 is 1.02 bits per heavy atom. The van der Waals surface area contributed by atoms with Crippen LogP contribution in [-0.4, -0.2) is 85.6 Å². The van der Waals surface area contributed by atoms with Gasteiger partial charge >= 0.3 is 18.4 Å². The van der Waals surface area contributed by atoms with Gasteiger partial charge in [-0.1, -0.05) is 91.0 Å². The maximum atomic E-state index is 14.4. The molecule has 0 bridgehead atoms. The van der Waals surface area contributed by atoms with Gasteiger partial charge in [-0.25, -0.2) is 9.59 Å². The molecular formula is C48H44F3N7O8. The quantitative estimate of drug-likeness (QED) is 0.0716. The zero-order valence-corrected chi connectivity index (χ0v) is 35.1. The van der Waals surface area contributed by atoms with Crippen LogP contribution in [0.25, 0.3) is 21.8 Å². The SMILES string of the molecule is O=C(O)NC(C(=O)N1CCC[C@H]1C(=O)Nc1ccc2c3ccc(NC(=O)[C@@H]4CCCN4C(=O)C(NC(=O)O)c4ccccc4)cc3n(Cc3ccccc3C(F)(F)F)c2c1)c1ccccc1. The first-order valence-electron chi connectivity index (χ1n) is 21.2. The van der Waals surface area contributed by atoms with E-state index < -0.39 is 71.7 Å². The van der Waals surface area contributed by atoms with Gasteiger partial charge in [0.1, 0.15) is 24.2 Å². The number of aromatic nitrogens is 1. The van der Waals surface area contributed by atoms with Crippen LogP contribution in [-0.2, 0) is 31.9 Å². The number of carboxylic acid groups (broad SMARTS) is 2. The molecule has 2 saturated heterocycles. The Morgan fingerprint density at radius 3 is 1.44 bits per heavy atom. The molecule has 2 aliphatic heterocycles. The van der Waals surface area contributed by atoms with E-state index in [1.165, 1.54) is 28.0 Å². The van der Waals surface area contributed by atoms with Crippen molar-refractivity contribution in [2.45, 2.75) is 62.6 Å². The molecule has 3 heterocycles. The van der Waals surface area contributed by atoms with Crippen molar-refractivity contribution in [3.05, 3.63) is 144 Å². The minimum atomic E-state index is -4.68. The van der Waals surface area contributed by atoms with Gasteiger partial charge in [0.05, 0.1) is 16.6 Å². The molecule has 15 nitrogen and oxygen atoms in total. The monoisotopic (exact) mass is 903 g/mol. The summed E-state index contributed by atoms with van der Waals surface area (Å²) in [6.07, 6.45) is -5.94. The number of benzene rings is 5. The second-order valence-electron chi connectivity index (χ2n) is 16.1. The van der Waals surface area contributed by atoms with E-state index in [9.17, 15) is 52.2 Å². The van der Waals surface area contributed by atoms with Crippen molar-refractivity contribution in [3.63, 3.8) is 0 Å². The summed E-state index contributed by atoms with van der Waals surface area (Å²) in [4.78, 5) is 81.7. The van der Waals surface area contributed by atoms with Crippen molar-refractivity contribution in [1.29, 1.82) is 0 Å². The number of nitrogens with zero attached hydrogens (tertiary/aromatic N) is 3. The Morgan fingerprint density at radius 1 is 0.591 bits per heavy atom. The first-order valence-corrected chi connectivity index (χ1v) is 21.2. The Bertz CT molecular complexity index is 2680. The number of amides is 6. The minimum Gasteiger partial charge on any atom is -0.465 e. The van der Waals surface area contributed by atoms with E-state index in [1.54, 1.807) is 102 Å². The summed E-state index contributed by atoms with van der Waals surface area (Å²) >= 11 is 0. The number of carbonyl (C=O) groups is 6. The third kappa shape index (κ3) is 9.34. The van der Waals surface area contributed by atoms with Crippen molar-refractivity contribution in [3.8, 4) is 0 Å². The van der Waals surface area contributed by atoms with Crippen LogP contribution < -0.4 is 21.3 Å². The molecule has 0 aliphatic carbocycles. The van der Waals surface area contributed by atoms with Crippen molar-refractivity contribution in [2.24, 2.45) is 0 Å². The summed E-state index contributed by atoms with van der Waals surface area (Å²) < 4.78 is 44.8. The van der Waals surface area contributed by atoms with Gasteiger partial charge in [0.2, 0.25) is 11.8 Å². The van der Waals surface area contributed by atoms with Gasteiger partial charge in [-0.2, -0.15) is 13.2 Å². The van der Waals surface area contributed by atoms with Gasteiger partial charge < -0.3 is 45.8 Å². The van der Waals surface area contributed by atoms with Gasteiger partial charge in [-0.05, 0) is 72.7 Å². The number of carbonyl (C=O) groups excluding carboxylic acids is 4. The summed E-state index contributed by atoms with van der Waals surface area (Å²) in [6, 6.07) is 27.3. The van der Waals surface area contributed by atoms with Crippen LogP contribution in [0.3, 0.4) is 0 Å². The lowest BCUT2D eigenvalue weighted by molar-refractivity contribution is -0.138. The van der Waals surface area contributed by atoms with Crippen LogP contribution in [0.2, 0.25) is 0 Å². The Balaban J connectivity index is 1.10. The highest BCUT2D eigenvalue weighted by Crippen LogP contribution is 2.37. The second kappa shape index (κ2) is 18.7. The summed E-state index contributed by atoms with van der Waals surface area (Å²) in [5, 5.41) is 30.6. The smallest absolute Gasteiger partial charge is 0.416 e. The number of anilines is 2. The maximum Gasteiger partial charge on any atom is 0.416 e.